The van der Waals surface area contributed by atoms with Gasteiger partial charge >= 0.3 is 0 Å². The van der Waals surface area contributed by atoms with Crippen LogP contribution >= 0.6 is 0 Å². The fourth-order valence-corrected chi connectivity index (χ4v) is 3.53. The summed E-state index contributed by atoms with van der Waals surface area (Å²) in [6.45, 7) is 5.08. The maximum Gasteiger partial charge on any atom is 0.242 e. The Morgan fingerprint density at radius 1 is 1.05 bits per heavy atom. The van der Waals surface area contributed by atoms with Gasteiger partial charge in [0, 0.05) is 32.7 Å². The highest BCUT2D eigenvalue weighted by Crippen LogP contribution is 2.34. The third kappa shape index (κ3) is 3.11. The number of nitrogens with zero attached hydrogens (tertiary/aromatic N) is 2. The second-order valence-electron chi connectivity index (χ2n) is 6.75. The molecule has 1 heterocycles. The number of rotatable bonds is 3. The highest BCUT2D eigenvalue weighted by Gasteiger charge is 2.48. The smallest absolute Gasteiger partial charge is 0.242 e. The molecule has 0 aromatic heterocycles. The van der Waals surface area contributed by atoms with E-state index in [0.717, 1.165) is 44.9 Å². The van der Waals surface area contributed by atoms with Crippen molar-refractivity contribution in [1.82, 2.24) is 9.80 Å². The SMILES string of the molecule is NC1(C(=O)N2CCN(CC3CCCCC3)CC2)CC1. The van der Waals surface area contributed by atoms with Gasteiger partial charge in [-0.15, -0.1) is 0 Å². The average molecular weight is 265 g/mol. The number of hydrogen-bond acceptors (Lipinski definition) is 3. The summed E-state index contributed by atoms with van der Waals surface area (Å²) in [6.07, 6.45) is 8.84. The molecule has 1 aliphatic heterocycles. The summed E-state index contributed by atoms with van der Waals surface area (Å²) in [6, 6.07) is 0. The Balaban J connectivity index is 1.42. The van der Waals surface area contributed by atoms with E-state index in [1.807, 2.05) is 4.90 Å². The van der Waals surface area contributed by atoms with Crippen molar-refractivity contribution in [2.24, 2.45) is 11.7 Å². The lowest BCUT2D eigenvalue weighted by atomic mass is 9.89. The van der Waals surface area contributed by atoms with Crippen LogP contribution in [0, 0.1) is 5.92 Å². The van der Waals surface area contributed by atoms with Crippen LogP contribution in [0.3, 0.4) is 0 Å². The second kappa shape index (κ2) is 5.41. The summed E-state index contributed by atoms with van der Waals surface area (Å²) < 4.78 is 0. The molecule has 1 saturated heterocycles. The van der Waals surface area contributed by atoms with Gasteiger partial charge in [-0.25, -0.2) is 0 Å². The summed E-state index contributed by atoms with van der Waals surface area (Å²) in [7, 11) is 0. The molecular formula is C15H27N3O. The first-order chi connectivity index (χ1) is 9.17. The monoisotopic (exact) mass is 265 g/mol. The van der Waals surface area contributed by atoms with Gasteiger partial charge in [-0.05, 0) is 31.6 Å². The molecule has 2 saturated carbocycles. The van der Waals surface area contributed by atoms with Crippen LogP contribution in [0.4, 0.5) is 0 Å². The van der Waals surface area contributed by atoms with Gasteiger partial charge < -0.3 is 10.6 Å². The van der Waals surface area contributed by atoms with Gasteiger partial charge in [-0.2, -0.15) is 0 Å². The fraction of sp³-hybridized carbons (Fsp3) is 0.933. The van der Waals surface area contributed by atoms with Crippen molar-refractivity contribution in [3.05, 3.63) is 0 Å². The number of piperazine rings is 1. The van der Waals surface area contributed by atoms with Crippen LogP contribution in [0.2, 0.25) is 0 Å². The Labute approximate surface area is 116 Å². The molecule has 2 N–H and O–H groups in total. The van der Waals surface area contributed by atoms with Gasteiger partial charge in [0.2, 0.25) is 5.91 Å². The Morgan fingerprint density at radius 2 is 1.68 bits per heavy atom. The Morgan fingerprint density at radius 3 is 2.26 bits per heavy atom. The highest BCUT2D eigenvalue weighted by molar-refractivity contribution is 5.89. The van der Waals surface area contributed by atoms with E-state index >= 15 is 0 Å². The van der Waals surface area contributed by atoms with Gasteiger partial charge in [-0.3, -0.25) is 9.69 Å². The van der Waals surface area contributed by atoms with E-state index in [1.54, 1.807) is 0 Å². The second-order valence-corrected chi connectivity index (χ2v) is 6.75. The molecule has 3 fully saturated rings. The molecule has 0 aromatic rings. The molecule has 4 heteroatoms. The van der Waals surface area contributed by atoms with E-state index in [4.69, 9.17) is 5.73 Å². The minimum absolute atomic E-state index is 0.199. The zero-order valence-electron chi connectivity index (χ0n) is 11.9. The van der Waals surface area contributed by atoms with Gasteiger partial charge in [0.1, 0.15) is 0 Å². The van der Waals surface area contributed by atoms with Gasteiger partial charge in [-0.1, -0.05) is 19.3 Å². The zero-order chi connectivity index (χ0) is 13.3. The van der Waals surface area contributed by atoms with E-state index in [2.05, 4.69) is 4.90 Å². The van der Waals surface area contributed by atoms with Crippen LogP contribution in [0.25, 0.3) is 0 Å². The van der Waals surface area contributed by atoms with Crippen LogP contribution in [0.1, 0.15) is 44.9 Å². The van der Waals surface area contributed by atoms with Crippen molar-refractivity contribution in [2.75, 3.05) is 32.7 Å². The first kappa shape index (κ1) is 13.4. The van der Waals surface area contributed by atoms with Crippen LogP contribution in [-0.2, 0) is 4.79 Å². The molecule has 3 rings (SSSR count). The van der Waals surface area contributed by atoms with E-state index in [0.29, 0.717) is 0 Å². The topological polar surface area (TPSA) is 49.6 Å². The largest absolute Gasteiger partial charge is 0.339 e. The van der Waals surface area contributed by atoms with Crippen molar-refractivity contribution in [3.63, 3.8) is 0 Å². The predicted octanol–water partition coefficient (Wildman–Crippen LogP) is 1.20. The molecule has 108 valence electrons. The van der Waals surface area contributed by atoms with Crippen LogP contribution in [0.15, 0.2) is 0 Å². The Bertz CT molecular complexity index is 326. The molecule has 0 atom stereocenters. The summed E-state index contributed by atoms with van der Waals surface area (Å²) in [4.78, 5) is 16.7. The minimum atomic E-state index is -0.481. The molecule has 0 radical (unpaired) electrons. The van der Waals surface area contributed by atoms with Gasteiger partial charge in [0.05, 0.1) is 5.54 Å². The molecule has 19 heavy (non-hydrogen) atoms. The zero-order valence-corrected chi connectivity index (χ0v) is 11.9. The maximum atomic E-state index is 12.2. The third-order valence-corrected chi connectivity index (χ3v) is 5.12. The predicted molar refractivity (Wildman–Crippen MR) is 75.7 cm³/mol. The van der Waals surface area contributed by atoms with E-state index in [-0.39, 0.29) is 5.91 Å². The van der Waals surface area contributed by atoms with Gasteiger partial charge in [0.25, 0.3) is 0 Å². The normalized spacial score (nSPS) is 28.4. The number of carbonyl (C=O) groups is 1. The number of hydrogen-bond donors (Lipinski definition) is 1. The number of amides is 1. The maximum absolute atomic E-state index is 12.2. The lowest BCUT2D eigenvalue weighted by Gasteiger charge is -2.38. The molecule has 0 bridgehead atoms. The average Bonchev–Trinajstić information content (AvgIpc) is 3.19. The standard InChI is InChI=1S/C15H27N3O/c16-15(6-7-15)14(19)18-10-8-17(9-11-18)12-13-4-2-1-3-5-13/h13H,1-12,16H2. The summed E-state index contributed by atoms with van der Waals surface area (Å²) in [5, 5.41) is 0. The van der Waals surface area contributed by atoms with Crippen molar-refractivity contribution in [1.29, 1.82) is 0 Å². The molecule has 2 aliphatic carbocycles. The van der Waals surface area contributed by atoms with Crippen molar-refractivity contribution in [2.45, 2.75) is 50.5 Å². The Kier molecular flexibility index (Phi) is 3.81. The molecule has 3 aliphatic rings. The summed E-state index contributed by atoms with van der Waals surface area (Å²) >= 11 is 0. The van der Waals surface area contributed by atoms with Gasteiger partial charge in [0.15, 0.2) is 0 Å². The summed E-state index contributed by atoms with van der Waals surface area (Å²) in [5.74, 6) is 1.10. The van der Waals surface area contributed by atoms with Crippen LogP contribution < -0.4 is 5.73 Å². The quantitative estimate of drug-likeness (QED) is 0.834. The van der Waals surface area contributed by atoms with Crippen molar-refractivity contribution < 1.29 is 4.79 Å². The molecule has 4 nitrogen and oxygen atoms in total. The molecular weight excluding hydrogens is 238 g/mol. The molecule has 0 unspecified atom stereocenters. The van der Waals surface area contributed by atoms with E-state index in [1.165, 1.54) is 38.6 Å². The van der Waals surface area contributed by atoms with Crippen molar-refractivity contribution >= 4 is 5.91 Å². The van der Waals surface area contributed by atoms with Crippen LogP contribution in [0.5, 0.6) is 0 Å². The van der Waals surface area contributed by atoms with E-state index < -0.39 is 5.54 Å². The first-order valence-electron chi connectivity index (χ1n) is 7.98. The Hall–Kier alpha value is -0.610. The highest BCUT2D eigenvalue weighted by atomic mass is 16.2. The number of carbonyl (C=O) groups excluding carboxylic acids is 1. The lowest BCUT2D eigenvalue weighted by molar-refractivity contribution is -0.135. The number of nitrogens with two attached hydrogens (primary N) is 1. The van der Waals surface area contributed by atoms with Crippen molar-refractivity contribution in [3.8, 4) is 0 Å². The third-order valence-electron chi connectivity index (χ3n) is 5.12. The van der Waals surface area contributed by atoms with E-state index in [9.17, 15) is 4.79 Å². The lowest BCUT2D eigenvalue weighted by Crippen LogP contribution is -2.54. The fourth-order valence-electron chi connectivity index (χ4n) is 3.53. The summed E-state index contributed by atoms with van der Waals surface area (Å²) in [5.41, 5.74) is 5.52. The first-order valence-corrected chi connectivity index (χ1v) is 7.98. The molecule has 0 spiro atoms. The minimum Gasteiger partial charge on any atom is -0.339 e. The molecule has 1 amide bonds. The molecule has 0 aromatic carbocycles. The van der Waals surface area contributed by atoms with Crippen LogP contribution in [-0.4, -0.2) is 54.0 Å².